The molecule has 0 aliphatic carbocycles. The largest absolute Gasteiger partial charge is 0.506 e. The van der Waals surface area contributed by atoms with E-state index in [9.17, 15) is 18.3 Å². The minimum Gasteiger partial charge on any atom is -0.506 e. The van der Waals surface area contributed by atoms with Crippen LogP contribution in [0.25, 0.3) is 0 Å². The maximum absolute atomic E-state index is 12.3. The molecule has 0 fully saturated rings. The topological polar surface area (TPSA) is 83.5 Å². The molecule has 118 valence electrons. The number of benzene rings is 1. The highest BCUT2D eigenvalue weighted by atomic mass is 35.5. The van der Waals surface area contributed by atoms with E-state index in [1.54, 1.807) is 20.8 Å². The van der Waals surface area contributed by atoms with Gasteiger partial charge in [-0.2, -0.15) is 0 Å². The maximum atomic E-state index is 12.3. The third kappa shape index (κ3) is 4.18. The average Bonchev–Trinajstić information content (AvgIpc) is 2.36. The van der Waals surface area contributed by atoms with Gasteiger partial charge >= 0.3 is 0 Å². The smallest absolute Gasteiger partial charge is 0.244 e. The molecule has 0 bridgehead atoms. The minimum atomic E-state index is -3.91. The van der Waals surface area contributed by atoms with Gasteiger partial charge in [-0.3, -0.25) is 4.79 Å². The summed E-state index contributed by atoms with van der Waals surface area (Å²) in [7, 11) is -3.91. The number of rotatable bonds is 5. The Bertz CT molecular complexity index is 648. The predicted molar refractivity (Wildman–Crippen MR) is 82.4 cm³/mol. The van der Waals surface area contributed by atoms with Gasteiger partial charge in [0.1, 0.15) is 10.6 Å². The van der Waals surface area contributed by atoms with Crippen LogP contribution in [0.5, 0.6) is 5.75 Å². The van der Waals surface area contributed by atoms with Crippen LogP contribution in [0.2, 0.25) is 5.02 Å². The quantitative estimate of drug-likeness (QED) is 0.811. The summed E-state index contributed by atoms with van der Waals surface area (Å²) in [5.41, 5.74) is -0.855. The Labute approximate surface area is 130 Å². The summed E-state index contributed by atoms with van der Waals surface area (Å²) in [4.78, 5) is 11.9. The molecule has 0 aromatic heterocycles. The van der Waals surface area contributed by atoms with Gasteiger partial charge in [-0.05, 0) is 18.6 Å². The summed E-state index contributed by atoms with van der Waals surface area (Å²) in [6, 6.07) is 2.41. The first-order chi connectivity index (χ1) is 9.50. The number of Topliss-reactive ketones (excluding diaryl/α,β-unsaturated/α-hetero) is 1. The fraction of sp³-hybridized carbons (Fsp3) is 0.500. The summed E-state index contributed by atoms with van der Waals surface area (Å²) in [5.74, 6) is -0.947. The first kappa shape index (κ1) is 17.9. The molecule has 0 amide bonds. The molecule has 0 heterocycles. The van der Waals surface area contributed by atoms with Gasteiger partial charge in [0.05, 0.1) is 5.56 Å². The Morgan fingerprint density at radius 2 is 1.90 bits per heavy atom. The molecule has 7 heteroatoms. The summed E-state index contributed by atoms with van der Waals surface area (Å²) in [6.07, 6.45) is 0.605. The summed E-state index contributed by atoms with van der Waals surface area (Å²) in [6.45, 7) is 7.09. The van der Waals surface area contributed by atoms with Crippen molar-refractivity contribution in [3.05, 3.63) is 22.7 Å². The lowest BCUT2D eigenvalue weighted by Crippen LogP contribution is -2.26. The van der Waals surface area contributed by atoms with Gasteiger partial charge in [0.15, 0.2) is 5.78 Å². The number of hydrogen-bond donors (Lipinski definition) is 2. The third-order valence-corrected chi connectivity index (χ3v) is 4.49. The van der Waals surface area contributed by atoms with Crippen molar-refractivity contribution in [2.75, 3.05) is 6.54 Å². The molecule has 0 atom stereocenters. The van der Waals surface area contributed by atoms with E-state index in [1.165, 1.54) is 6.07 Å². The molecule has 0 aliphatic rings. The van der Waals surface area contributed by atoms with Crippen LogP contribution in [0.3, 0.4) is 0 Å². The standard InChI is InChI=1S/C14H20ClNO4S/c1-5-6-16-21(19,20)11-8-9(15)7-10(12(11)17)13(18)14(2,3)4/h7-8,16-17H,5-6H2,1-4H3. The molecule has 1 aromatic rings. The van der Waals surface area contributed by atoms with Crippen molar-refractivity contribution in [3.8, 4) is 5.75 Å². The number of halogens is 1. The van der Waals surface area contributed by atoms with Crippen molar-refractivity contribution in [2.45, 2.75) is 39.0 Å². The van der Waals surface area contributed by atoms with Crippen LogP contribution in [0.15, 0.2) is 17.0 Å². The number of sulfonamides is 1. The molecule has 1 aromatic carbocycles. The van der Waals surface area contributed by atoms with Crippen molar-refractivity contribution in [2.24, 2.45) is 5.41 Å². The Morgan fingerprint density at radius 1 is 1.33 bits per heavy atom. The van der Waals surface area contributed by atoms with Crippen LogP contribution in [-0.4, -0.2) is 25.9 Å². The van der Waals surface area contributed by atoms with E-state index in [4.69, 9.17) is 11.6 Å². The second-order valence-corrected chi connectivity index (χ2v) is 7.95. The zero-order valence-corrected chi connectivity index (χ0v) is 14.1. The number of phenols is 1. The first-order valence-electron chi connectivity index (χ1n) is 6.57. The zero-order chi connectivity index (χ0) is 16.4. The fourth-order valence-corrected chi connectivity index (χ4v) is 3.23. The van der Waals surface area contributed by atoms with Crippen molar-refractivity contribution in [1.82, 2.24) is 4.72 Å². The van der Waals surface area contributed by atoms with E-state index in [-0.39, 0.29) is 27.8 Å². The highest BCUT2D eigenvalue weighted by Crippen LogP contribution is 2.34. The van der Waals surface area contributed by atoms with Gasteiger partial charge < -0.3 is 5.11 Å². The number of hydrogen-bond acceptors (Lipinski definition) is 4. The van der Waals surface area contributed by atoms with Crippen LogP contribution in [0.1, 0.15) is 44.5 Å². The van der Waals surface area contributed by atoms with Crippen LogP contribution in [0.4, 0.5) is 0 Å². The zero-order valence-electron chi connectivity index (χ0n) is 12.5. The summed E-state index contributed by atoms with van der Waals surface area (Å²) < 4.78 is 26.6. The normalized spacial score (nSPS) is 12.4. The second-order valence-electron chi connectivity index (χ2n) is 5.78. The van der Waals surface area contributed by atoms with Gasteiger partial charge in [-0.1, -0.05) is 39.3 Å². The second kappa shape index (κ2) is 6.34. The fourth-order valence-electron chi connectivity index (χ4n) is 1.67. The molecule has 0 spiro atoms. The molecule has 0 saturated heterocycles. The van der Waals surface area contributed by atoms with Gasteiger partial charge in [0, 0.05) is 17.0 Å². The van der Waals surface area contributed by atoms with Crippen molar-refractivity contribution in [3.63, 3.8) is 0 Å². The molecule has 21 heavy (non-hydrogen) atoms. The van der Waals surface area contributed by atoms with E-state index in [0.29, 0.717) is 6.42 Å². The molecule has 0 radical (unpaired) electrons. The van der Waals surface area contributed by atoms with Crippen molar-refractivity contribution in [1.29, 1.82) is 0 Å². The Hall–Kier alpha value is -1.11. The van der Waals surface area contributed by atoms with Crippen molar-refractivity contribution >= 4 is 27.4 Å². The monoisotopic (exact) mass is 333 g/mol. The molecule has 5 nitrogen and oxygen atoms in total. The molecular formula is C14H20ClNO4S. The van der Waals surface area contributed by atoms with E-state index >= 15 is 0 Å². The van der Waals surface area contributed by atoms with Crippen LogP contribution in [-0.2, 0) is 10.0 Å². The number of phenolic OH excluding ortho intramolecular Hbond substituents is 1. The Morgan fingerprint density at radius 3 is 2.38 bits per heavy atom. The molecule has 0 saturated carbocycles. The number of carbonyl (C=O) groups is 1. The van der Waals surface area contributed by atoms with E-state index < -0.39 is 21.2 Å². The molecule has 0 unspecified atom stereocenters. The molecule has 0 aliphatic heterocycles. The Kier molecular flexibility index (Phi) is 5.41. The lowest BCUT2D eigenvalue weighted by Gasteiger charge is -2.19. The Balaban J connectivity index is 3.45. The minimum absolute atomic E-state index is 0.0808. The highest BCUT2D eigenvalue weighted by Gasteiger charge is 2.30. The molecule has 1 rings (SSSR count). The summed E-state index contributed by atoms with van der Waals surface area (Å²) in [5, 5.41) is 10.3. The SMILES string of the molecule is CCCNS(=O)(=O)c1cc(Cl)cc(C(=O)C(C)(C)C)c1O. The van der Waals surface area contributed by atoms with Gasteiger partial charge in [-0.15, -0.1) is 0 Å². The van der Waals surface area contributed by atoms with Crippen LogP contribution in [0, 0.1) is 5.41 Å². The van der Waals surface area contributed by atoms with E-state index in [0.717, 1.165) is 6.07 Å². The van der Waals surface area contributed by atoms with Crippen LogP contribution < -0.4 is 4.72 Å². The van der Waals surface area contributed by atoms with Crippen LogP contribution >= 0.6 is 11.6 Å². The number of aromatic hydroxyl groups is 1. The lowest BCUT2D eigenvalue weighted by molar-refractivity contribution is 0.0855. The van der Waals surface area contributed by atoms with Gasteiger partial charge in [0.2, 0.25) is 10.0 Å². The summed E-state index contributed by atoms with van der Waals surface area (Å²) >= 11 is 5.90. The highest BCUT2D eigenvalue weighted by molar-refractivity contribution is 7.89. The van der Waals surface area contributed by atoms with Crippen molar-refractivity contribution < 1.29 is 18.3 Å². The van der Waals surface area contributed by atoms with Gasteiger partial charge in [0.25, 0.3) is 0 Å². The number of carbonyl (C=O) groups excluding carboxylic acids is 1. The van der Waals surface area contributed by atoms with E-state index in [1.807, 2.05) is 6.92 Å². The van der Waals surface area contributed by atoms with Gasteiger partial charge in [-0.25, -0.2) is 13.1 Å². The average molecular weight is 334 g/mol. The van der Waals surface area contributed by atoms with E-state index in [2.05, 4.69) is 4.72 Å². The number of ketones is 1. The lowest BCUT2D eigenvalue weighted by atomic mass is 9.86. The number of nitrogens with one attached hydrogen (secondary N) is 1. The molecular weight excluding hydrogens is 314 g/mol. The first-order valence-corrected chi connectivity index (χ1v) is 8.43. The third-order valence-electron chi connectivity index (χ3n) is 2.80. The maximum Gasteiger partial charge on any atom is 0.244 e. The predicted octanol–water partition coefficient (Wildman–Crippen LogP) is 2.96. The molecule has 2 N–H and O–H groups in total.